The average molecular weight is 399 g/mol. The molecule has 0 bridgehead atoms. The van der Waals surface area contributed by atoms with Crippen LogP contribution in [-0.2, 0) is 22.5 Å². The molecule has 0 saturated carbocycles. The van der Waals surface area contributed by atoms with Crippen molar-refractivity contribution >= 4 is 12.1 Å². The fourth-order valence-electron chi connectivity index (χ4n) is 3.57. The van der Waals surface area contributed by atoms with Crippen molar-refractivity contribution in [1.82, 2.24) is 14.7 Å². The Kier molecular flexibility index (Phi) is 6.25. The number of aromatic nitrogens is 2. The van der Waals surface area contributed by atoms with Gasteiger partial charge in [-0.2, -0.15) is 5.10 Å². The fourth-order valence-corrected chi connectivity index (χ4v) is 3.57. The second-order valence-electron chi connectivity index (χ2n) is 8.65. The van der Waals surface area contributed by atoms with Gasteiger partial charge >= 0.3 is 12.1 Å². The monoisotopic (exact) mass is 399 g/mol. The zero-order valence-electron chi connectivity index (χ0n) is 17.3. The minimum Gasteiger partial charge on any atom is -0.481 e. The third-order valence-corrected chi connectivity index (χ3v) is 4.89. The van der Waals surface area contributed by atoms with E-state index in [4.69, 9.17) is 9.84 Å². The van der Waals surface area contributed by atoms with Crippen molar-refractivity contribution in [3.05, 3.63) is 42.2 Å². The summed E-state index contributed by atoms with van der Waals surface area (Å²) in [4.78, 5) is 24.9. The second kappa shape index (κ2) is 8.68. The first-order valence-corrected chi connectivity index (χ1v) is 10.0. The molecule has 7 nitrogen and oxygen atoms in total. The third kappa shape index (κ3) is 6.07. The largest absolute Gasteiger partial charge is 0.481 e. The highest BCUT2D eigenvalue weighted by Gasteiger charge is 2.27. The van der Waals surface area contributed by atoms with Crippen LogP contribution in [0, 0.1) is 5.92 Å². The van der Waals surface area contributed by atoms with Gasteiger partial charge in [0.2, 0.25) is 0 Å². The van der Waals surface area contributed by atoms with Crippen LogP contribution < -0.4 is 0 Å². The molecule has 1 aliphatic heterocycles. The predicted octanol–water partition coefficient (Wildman–Crippen LogP) is 3.82. The number of nitrogens with zero attached hydrogens (tertiary/aromatic N) is 3. The van der Waals surface area contributed by atoms with Crippen LogP contribution in [0.1, 0.15) is 39.2 Å². The first-order chi connectivity index (χ1) is 13.7. The van der Waals surface area contributed by atoms with Gasteiger partial charge in [-0.05, 0) is 50.7 Å². The molecular weight excluding hydrogens is 370 g/mol. The first-order valence-electron chi connectivity index (χ1n) is 10.0. The highest BCUT2D eigenvalue weighted by atomic mass is 16.6. The van der Waals surface area contributed by atoms with Gasteiger partial charge in [-0.25, -0.2) is 4.79 Å². The summed E-state index contributed by atoms with van der Waals surface area (Å²) in [6, 6.07) is 7.51. The van der Waals surface area contributed by atoms with Crippen LogP contribution in [0.15, 0.2) is 36.7 Å². The zero-order chi connectivity index (χ0) is 21.0. The lowest BCUT2D eigenvalue weighted by Crippen LogP contribution is -2.43. The molecule has 3 rings (SSSR count). The quantitative estimate of drug-likeness (QED) is 0.826. The minimum atomic E-state index is -0.835. The number of benzene rings is 1. The Morgan fingerprint density at radius 2 is 1.93 bits per heavy atom. The van der Waals surface area contributed by atoms with Gasteiger partial charge in [0, 0.05) is 31.4 Å². The number of aliphatic carboxylic acids is 1. The van der Waals surface area contributed by atoms with Crippen molar-refractivity contribution < 1.29 is 19.4 Å². The van der Waals surface area contributed by atoms with Crippen LogP contribution in [0.3, 0.4) is 0 Å². The Morgan fingerprint density at radius 3 is 2.59 bits per heavy atom. The van der Waals surface area contributed by atoms with Crippen molar-refractivity contribution in [3.63, 3.8) is 0 Å². The number of piperidine rings is 1. The van der Waals surface area contributed by atoms with E-state index in [9.17, 15) is 9.59 Å². The number of carbonyl (C=O) groups is 2. The summed E-state index contributed by atoms with van der Waals surface area (Å²) in [5.74, 6) is -0.500. The summed E-state index contributed by atoms with van der Waals surface area (Å²) in [5.41, 5.74) is 2.29. The first kappa shape index (κ1) is 20.9. The average Bonchev–Trinajstić information content (AvgIpc) is 3.09. The molecule has 1 atom stereocenters. The number of carbonyl (C=O) groups excluding carboxylic acids is 1. The highest BCUT2D eigenvalue weighted by Crippen LogP contribution is 2.23. The number of hydrogen-bond donors (Lipinski definition) is 1. The molecule has 0 aliphatic carbocycles. The van der Waals surface area contributed by atoms with Gasteiger partial charge < -0.3 is 14.7 Å². The molecule has 0 spiro atoms. The van der Waals surface area contributed by atoms with Crippen molar-refractivity contribution in [2.24, 2.45) is 5.92 Å². The SMILES string of the molecule is CC(C)(C)OC(=O)N1CCCC(Cn2cc(-c3ccc(CC(=O)O)cc3)cn2)C1. The molecule has 1 saturated heterocycles. The lowest BCUT2D eigenvalue weighted by molar-refractivity contribution is -0.136. The molecule has 1 aromatic carbocycles. The Morgan fingerprint density at radius 1 is 1.21 bits per heavy atom. The Hall–Kier alpha value is -2.83. The van der Waals surface area contributed by atoms with Gasteiger partial charge in [-0.3, -0.25) is 9.48 Å². The lowest BCUT2D eigenvalue weighted by Gasteiger charge is -2.34. The van der Waals surface area contributed by atoms with Gasteiger partial charge in [0.25, 0.3) is 0 Å². The van der Waals surface area contributed by atoms with Crippen molar-refractivity contribution in [3.8, 4) is 11.1 Å². The Bertz CT molecular complexity index is 852. The van der Waals surface area contributed by atoms with E-state index in [-0.39, 0.29) is 12.5 Å². The van der Waals surface area contributed by atoms with Gasteiger partial charge in [0.05, 0.1) is 12.6 Å². The van der Waals surface area contributed by atoms with E-state index in [0.717, 1.165) is 42.6 Å². The molecule has 1 aromatic heterocycles. The van der Waals surface area contributed by atoms with Crippen LogP contribution in [0.4, 0.5) is 4.79 Å². The molecule has 0 radical (unpaired) electrons. The van der Waals surface area contributed by atoms with Gasteiger partial charge in [0.15, 0.2) is 0 Å². The summed E-state index contributed by atoms with van der Waals surface area (Å²) in [5, 5.41) is 13.3. The van der Waals surface area contributed by atoms with E-state index in [2.05, 4.69) is 5.10 Å². The van der Waals surface area contributed by atoms with Crippen molar-refractivity contribution in [2.45, 2.75) is 52.2 Å². The molecule has 1 amide bonds. The van der Waals surface area contributed by atoms with Crippen LogP contribution in [0.2, 0.25) is 0 Å². The summed E-state index contributed by atoms with van der Waals surface area (Å²) in [6.07, 6.45) is 5.61. The maximum absolute atomic E-state index is 12.3. The van der Waals surface area contributed by atoms with E-state index in [0.29, 0.717) is 12.5 Å². The Labute approximate surface area is 171 Å². The van der Waals surface area contributed by atoms with Gasteiger partial charge in [-0.15, -0.1) is 0 Å². The molecule has 2 heterocycles. The maximum Gasteiger partial charge on any atom is 0.410 e. The molecule has 1 aliphatic rings. The van der Waals surface area contributed by atoms with E-state index >= 15 is 0 Å². The maximum atomic E-state index is 12.3. The molecule has 1 fully saturated rings. The normalized spacial score (nSPS) is 17.2. The summed E-state index contributed by atoms with van der Waals surface area (Å²) >= 11 is 0. The van der Waals surface area contributed by atoms with E-state index in [1.807, 2.05) is 62.1 Å². The van der Waals surface area contributed by atoms with E-state index in [1.54, 1.807) is 4.90 Å². The number of ether oxygens (including phenoxy) is 1. The number of carboxylic acid groups (broad SMARTS) is 1. The number of rotatable bonds is 5. The summed E-state index contributed by atoms with van der Waals surface area (Å²) in [6.45, 7) is 7.80. The highest BCUT2D eigenvalue weighted by molar-refractivity contribution is 5.71. The van der Waals surface area contributed by atoms with Crippen LogP contribution in [0.25, 0.3) is 11.1 Å². The van der Waals surface area contributed by atoms with E-state index < -0.39 is 11.6 Å². The molecule has 29 heavy (non-hydrogen) atoms. The molecule has 2 aromatic rings. The van der Waals surface area contributed by atoms with E-state index in [1.165, 1.54) is 0 Å². The molecule has 1 unspecified atom stereocenters. The predicted molar refractivity (Wildman–Crippen MR) is 110 cm³/mol. The van der Waals surface area contributed by atoms with Gasteiger partial charge in [-0.1, -0.05) is 24.3 Å². The number of likely N-dealkylation sites (tertiary alicyclic amines) is 1. The third-order valence-electron chi connectivity index (χ3n) is 4.89. The van der Waals surface area contributed by atoms with Crippen LogP contribution in [0.5, 0.6) is 0 Å². The Balaban J connectivity index is 1.59. The summed E-state index contributed by atoms with van der Waals surface area (Å²) in [7, 11) is 0. The van der Waals surface area contributed by atoms with Crippen molar-refractivity contribution in [2.75, 3.05) is 13.1 Å². The summed E-state index contributed by atoms with van der Waals surface area (Å²) < 4.78 is 7.42. The molecule has 1 N–H and O–H groups in total. The molecular formula is C22H29N3O4. The fraction of sp³-hybridized carbons (Fsp3) is 0.500. The van der Waals surface area contributed by atoms with Gasteiger partial charge in [0.1, 0.15) is 5.60 Å². The van der Waals surface area contributed by atoms with Crippen LogP contribution >= 0.6 is 0 Å². The molecule has 156 valence electrons. The molecule has 7 heteroatoms. The standard InChI is InChI=1S/C22H29N3O4/c1-22(2,3)29-21(28)24-10-4-5-17(13-24)14-25-15-19(12-23-25)18-8-6-16(7-9-18)11-20(26)27/h6-9,12,15,17H,4-5,10-11,13-14H2,1-3H3,(H,26,27). The smallest absolute Gasteiger partial charge is 0.410 e. The number of amides is 1. The minimum absolute atomic E-state index is 0.0232. The number of hydrogen-bond acceptors (Lipinski definition) is 4. The zero-order valence-corrected chi connectivity index (χ0v) is 17.3. The number of carboxylic acids is 1. The topological polar surface area (TPSA) is 84.7 Å². The second-order valence-corrected chi connectivity index (χ2v) is 8.65. The van der Waals surface area contributed by atoms with Crippen LogP contribution in [-0.4, -0.2) is 50.5 Å². The lowest BCUT2D eigenvalue weighted by atomic mass is 9.98. The van der Waals surface area contributed by atoms with Crippen molar-refractivity contribution in [1.29, 1.82) is 0 Å².